The lowest BCUT2D eigenvalue weighted by atomic mass is 9.89. The highest BCUT2D eigenvalue weighted by molar-refractivity contribution is 6.00. The number of carbonyl (C=O) groups is 1. The van der Waals surface area contributed by atoms with E-state index in [1.54, 1.807) is 20.2 Å². The maximum absolute atomic E-state index is 13.0. The van der Waals surface area contributed by atoms with E-state index >= 15 is 0 Å². The van der Waals surface area contributed by atoms with Crippen molar-refractivity contribution in [2.75, 3.05) is 25.1 Å². The number of ketones is 1. The Balaban J connectivity index is 1.50. The Morgan fingerprint density at radius 3 is 2.82 bits per heavy atom. The summed E-state index contributed by atoms with van der Waals surface area (Å²) in [4.78, 5) is 24.0. The summed E-state index contributed by atoms with van der Waals surface area (Å²) in [6.07, 6.45) is 3.54. The number of pyridine rings is 1. The molecule has 144 valence electrons. The molecule has 1 unspecified atom stereocenters. The van der Waals surface area contributed by atoms with Gasteiger partial charge < -0.3 is 14.2 Å². The first-order valence-electron chi connectivity index (χ1n) is 9.34. The summed E-state index contributed by atoms with van der Waals surface area (Å²) in [7, 11) is 1.59. The molecule has 3 heterocycles. The van der Waals surface area contributed by atoms with E-state index in [0.29, 0.717) is 29.6 Å². The number of hydrogen-bond acceptors (Lipinski definition) is 7. The average molecular weight is 378 g/mol. The summed E-state index contributed by atoms with van der Waals surface area (Å²) >= 11 is 0. The Kier molecular flexibility index (Phi) is 5.06. The molecular formula is C21H22N4O3. The van der Waals surface area contributed by atoms with Gasteiger partial charge in [-0.1, -0.05) is 17.3 Å². The lowest BCUT2D eigenvalue weighted by Crippen LogP contribution is -2.39. The second-order valence-electron chi connectivity index (χ2n) is 6.90. The monoisotopic (exact) mass is 378 g/mol. The third-order valence-electron chi connectivity index (χ3n) is 5.01. The molecule has 0 N–H and O–H groups in total. The number of aromatic nitrogens is 3. The summed E-state index contributed by atoms with van der Waals surface area (Å²) in [6.45, 7) is 3.30. The SMILES string of the molecule is COc1ccccc1C(=O)C1CCCN(c2ccc(-c3nc(C)no3)cn2)C1. The van der Waals surface area contributed by atoms with Crippen molar-refractivity contribution in [2.24, 2.45) is 5.92 Å². The number of benzene rings is 1. The van der Waals surface area contributed by atoms with E-state index in [2.05, 4.69) is 20.0 Å². The molecule has 1 fully saturated rings. The Morgan fingerprint density at radius 2 is 2.11 bits per heavy atom. The molecule has 1 atom stereocenters. The van der Waals surface area contributed by atoms with Crippen LogP contribution in [0.3, 0.4) is 0 Å². The molecule has 0 bridgehead atoms. The van der Waals surface area contributed by atoms with Gasteiger partial charge in [0.15, 0.2) is 11.6 Å². The number of anilines is 1. The molecule has 0 aliphatic carbocycles. The number of aryl methyl sites for hydroxylation is 1. The van der Waals surface area contributed by atoms with Crippen molar-refractivity contribution in [3.8, 4) is 17.2 Å². The van der Waals surface area contributed by atoms with E-state index in [1.165, 1.54) is 0 Å². The van der Waals surface area contributed by atoms with Crippen LogP contribution in [0.2, 0.25) is 0 Å². The van der Waals surface area contributed by atoms with Crippen molar-refractivity contribution in [2.45, 2.75) is 19.8 Å². The van der Waals surface area contributed by atoms with Gasteiger partial charge in [0, 0.05) is 25.2 Å². The zero-order valence-corrected chi connectivity index (χ0v) is 16.0. The fraction of sp³-hybridized carbons (Fsp3) is 0.333. The standard InChI is InChI=1S/C21H22N4O3/c1-14-23-21(28-24-14)15-9-10-19(22-12-15)25-11-5-6-16(13-25)20(26)17-7-3-4-8-18(17)27-2/h3-4,7-10,12,16H,5-6,11,13H2,1-2H3. The fourth-order valence-corrected chi connectivity index (χ4v) is 3.58. The predicted molar refractivity (Wildman–Crippen MR) is 105 cm³/mol. The Labute approximate surface area is 163 Å². The number of carbonyl (C=O) groups excluding carboxylic acids is 1. The Bertz CT molecular complexity index is 968. The summed E-state index contributed by atoms with van der Waals surface area (Å²) < 4.78 is 10.5. The topological polar surface area (TPSA) is 81.4 Å². The minimum absolute atomic E-state index is 0.0786. The third-order valence-corrected chi connectivity index (χ3v) is 5.01. The number of Topliss-reactive ketones (excluding diaryl/α,β-unsaturated/α-hetero) is 1. The van der Waals surface area contributed by atoms with Crippen molar-refractivity contribution in [3.05, 3.63) is 54.0 Å². The molecular weight excluding hydrogens is 356 g/mol. The number of methoxy groups -OCH3 is 1. The predicted octanol–water partition coefficient (Wildman–Crippen LogP) is 3.55. The van der Waals surface area contributed by atoms with Crippen molar-refractivity contribution >= 4 is 11.6 Å². The number of hydrogen-bond donors (Lipinski definition) is 0. The van der Waals surface area contributed by atoms with Crippen LogP contribution in [0.15, 0.2) is 47.1 Å². The van der Waals surface area contributed by atoms with Crippen molar-refractivity contribution in [3.63, 3.8) is 0 Å². The fourth-order valence-electron chi connectivity index (χ4n) is 3.58. The number of piperidine rings is 1. The lowest BCUT2D eigenvalue weighted by Gasteiger charge is -2.33. The second kappa shape index (κ2) is 7.80. The van der Waals surface area contributed by atoms with Crippen LogP contribution in [-0.2, 0) is 0 Å². The molecule has 0 amide bonds. The van der Waals surface area contributed by atoms with E-state index in [9.17, 15) is 4.79 Å². The summed E-state index contributed by atoms with van der Waals surface area (Å²) in [5.41, 5.74) is 1.43. The first-order chi connectivity index (χ1) is 13.7. The number of nitrogens with zero attached hydrogens (tertiary/aromatic N) is 4. The molecule has 1 aromatic carbocycles. The van der Waals surface area contributed by atoms with Gasteiger partial charge in [-0.2, -0.15) is 4.98 Å². The van der Waals surface area contributed by atoms with Gasteiger partial charge in [0.2, 0.25) is 0 Å². The van der Waals surface area contributed by atoms with Gasteiger partial charge >= 0.3 is 0 Å². The van der Waals surface area contributed by atoms with Gasteiger partial charge in [-0.15, -0.1) is 0 Å². The van der Waals surface area contributed by atoms with Crippen LogP contribution in [-0.4, -0.2) is 41.1 Å². The quantitative estimate of drug-likeness (QED) is 0.628. The minimum Gasteiger partial charge on any atom is -0.496 e. The number of para-hydroxylation sites is 1. The molecule has 7 heteroatoms. The highest BCUT2D eigenvalue weighted by Crippen LogP contribution is 2.28. The minimum atomic E-state index is -0.0786. The first kappa shape index (κ1) is 18.2. The van der Waals surface area contributed by atoms with Crippen molar-refractivity contribution < 1.29 is 14.1 Å². The molecule has 0 saturated carbocycles. The Morgan fingerprint density at radius 1 is 1.25 bits per heavy atom. The van der Waals surface area contributed by atoms with E-state index in [1.807, 2.05) is 36.4 Å². The molecule has 2 aromatic heterocycles. The Hall–Kier alpha value is -3.22. The van der Waals surface area contributed by atoms with E-state index in [-0.39, 0.29) is 11.7 Å². The summed E-state index contributed by atoms with van der Waals surface area (Å²) in [6, 6.07) is 11.3. The van der Waals surface area contributed by atoms with Crippen LogP contribution in [0.25, 0.3) is 11.5 Å². The highest BCUT2D eigenvalue weighted by Gasteiger charge is 2.28. The third kappa shape index (κ3) is 3.60. The zero-order valence-electron chi connectivity index (χ0n) is 16.0. The summed E-state index contributed by atoms with van der Waals surface area (Å²) in [5, 5.41) is 3.81. The van der Waals surface area contributed by atoms with Crippen LogP contribution < -0.4 is 9.64 Å². The maximum atomic E-state index is 13.0. The van der Waals surface area contributed by atoms with Gasteiger partial charge in [0.05, 0.1) is 18.2 Å². The second-order valence-corrected chi connectivity index (χ2v) is 6.90. The first-order valence-corrected chi connectivity index (χ1v) is 9.34. The zero-order chi connectivity index (χ0) is 19.5. The van der Waals surface area contributed by atoms with Gasteiger partial charge in [0.25, 0.3) is 5.89 Å². The number of rotatable bonds is 5. The summed E-state index contributed by atoms with van der Waals surface area (Å²) in [5.74, 6) is 2.57. The van der Waals surface area contributed by atoms with Crippen molar-refractivity contribution in [1.82, 2.24) is 15.1 Å². The molecule has 0 spiro atoms. The molecule has 7 nitrogen and oxygen atoms in total. The lowest BCUT2D eigenvalue weighted by molar-refractivity contribution is 0.0904. The number of ether oxygens (including phenoxy) is 1. The molecule has 4 rings (SSSR count). The van der Waals surface area contributed by atoms with E-state index in [0.717, 1.165) is 30.8 Å². The van der Waals surface area contributed by atoms with Crippen LogP contribution in [0, 0.1) is 12.8 Å². The van der Waals surface area contributed by atoms with E-state index in [4.69, 9.17) is 9.26 Å². The van der Waals surface area contributed by atoms with Crippen LogP contribution in [0.1, 0.15) is 29.0 Å². The van der Waals surface area contributed by atoms with Crippen LogP contribution >= 0.6 is 0 Å². The molecule has 0 radical (unpaired) electrons. The van der Waals surface area contributed by atoms with Gasteiger partial charge in [0.1, 0.15) is 11.6 Å². The smallest absolute Gasteiger partial charge is 0.259 e. The van der Waals surface area contributed by atoms with Gasteiger partial charge in [-0.05, 0) is 44.0 Å². The average Bonchev–Trinajstić information content (AvgIpc) is 3.19. The van der Waals surface area contributed by atoms with Gasteiger partial charge in [-0.3, -0.25) is 4.79 Å². The van der Waals surface area contributed by atoms with Gasteiger partial charge in [-0.25, -0.2) is 4.98 Å². The van der Waals surface area contributed by atoms with Crippen LogP contribution in [0.5, 0.6) is 5.75 Å². The molecule has 3 aromatic rings. The highest BCUT2D eigenvalue weighted by atomic mass is 16.5. The van der Waals surface area contributed by atoms with E-state index < -0.39 is 0 Å². The molecule has 1 saturated heterocycles. The largest absolute Gasteiger partial charge is 0.496 e. The maximum Gasteiger partial charge on any atom is 0.259 e. The van der Waals surface area contributed by atoms with Crippen LogP contribution in [0.4, 0.5) is 5.82 Å². The molecule has 28 heavy (non-hydrogen) atoms. The molecule has 1 aliphatic rings. The van der Waals surface area contributed by atoms with Crippen molar-refractivity contribution in [1.29, 1.82) is 0 Å². The normalized spacial score (nSPS) is 16.8. The molecule has 1 aliphatic heterocycles.